The number of carboxylic acids is 2. The number of hydrogen-bond acceptors (Lipinski definition) is 4. The number of benzene rings is 3. The lowest BCUT2D eigenvalue weighted by atomic mass is 9.97. The van der Waals surface area contributed by atoms with E-state index in [1.165, 1.54) is 24.3 Å². The number of nitrogens with one attached hydrogen (secondary N) is 1. The lowest BCUT2D eigenvalue weighted by Gasteiger charge is -2.07. The van der Waals surface area contributed by atoms with Gasteiger partial charge in [0.05, 0.1) is 17.7 Å². The molecule has 0 unspecified atom stereocenters. The van der Waals surface area contributed by atoms with Gasteiger partial charge in [0.25, 0.3) is 0 Å². The summed E-state index contributed by atoms with van der Waals surface area (Å²) in [6.45, 7) is 0.138. The van der Waals surface area contributed by atoms with Crippen molar-refractivity contribution in [3.8, 4) is 23.0 Å². The highest BCUT2D eigenvalue weighted by molar-refractivity contribution is 5.91. The summed E-state index contributed by atoms with van der Waals surface area (Å²) >= 11 is 0. The molecule has 3 N–H and O–H groups in total. The molecule has 0 radical (unpaired) electrons. The van der Waals surface area contributed by atoms with Gasteiger partial charge in [-0.25, -0.2) is 14.4 Å². The molecule has 0 bridgehead atoms. The molecule has 0 saturated carbocycles. The molecule has 0 heterocycles. The number of rotatable bonds is 6. The van der Waals surface area contributed by atoms with Gasteiger partial charge in [-0.05, 0) is 41.0 Å². The summed E-state index contributed by atoms with van der Waals surface area (Å²) in [6, 6.07) is 19.9. The van der Waals surface area contributed by atoms with Gasteiger partial charge in [-0.1, -0.05) is 60.4 Å². The van der Waals surface area contributed by atoms with Crippen molar-refractivity contribution < 1.29 is 29.3 Å². The maximum atomic E-state index is 11.8. The van der Waals surface area contributed by atoms with Crippen LogP contribution in [0.25, 0.3) is 11.1 Å². The van der Waals surface area contributed by atoms with E-state index < -0.39 is 18.0 Å². The molecule has 0 aliphatic carbocycles. The van der Waals surface area contributed by atoms with Crippen LogP contribution in [0.4, 0.5) is 4.79 Å². The minimum absolute atomic E-state index is 0.00230. The normalized spacial score (nSPS) is 9.88. The number of carbonyl (C=O) groups is 3. The summed E-state index contributed by atoms with van der Waals surface area (Å²) in [5.41, 5.74) is 2.83. The summed E-state index contributed by atoms with van der Waals surface area (Å²) in [5, 5.41) is 20.9. The Labute approximate surface area is 184 Å². The van der Waals surface area contributed by atoms with Crippen LogP contribution in [0.15, 0.2) is 72.8 Å². The van der Waals surface area contributed by atoms with E-state index >= 15 is 0 Å². The fraction of sp³-hybridized carbons (Fsp3) is 0.0800. The van der Waals surface area contributed by atoms with Crippen LogP contribution in [0.1, 0.15) is 31.8 Å². The Hall–Kier alpha value is -4.57. The molecule has 32 heavy (non-hydrogen) atoms. The fourth-order valence-corrected chi connectivity index (χ4v) is 2.85. The smallest absolute Gasteiger partial charge is 0.408 e. The first kappa shape index (κ1) is 22.1. The molecule has 0 fully saturated rings. The number of carboxylic acid groups (broad SMARTS) is 2. The quantitative estimate of drug-likeness (QED) is 0.510. The second kappa shape index (κ2) is 10.5. The van der Waals surface area contributed by atoms with Crippen LogP contribution >= 0.6 is 0 Å². The summed E-state index contributed by atoms with van der Waals surface area (Å²) in [4.78, 5) is 34.2. The van der Waals surface area contributed by atoms with E-state index in [1.54, 1.807) is 18.2 Å². The fourth-order valence-electron chi connectivity index (χ4n) is 2.85. The number of ether oxygens (including phenoxy) is 1. The van der Waals surface area contributed by atoms with Crippen molar-refractivity contribution in [2.75, 3.05) is 6.54 Å². The predicted octanol–water partition coefficient (Wildman–Crippen LogP) is 4.03. The number of hydrogen-bond donors (Lipinski definition) is 3. The second-order valence-corrected chi connectivity index (χ2v) is 6.67. The van der Waals surface area contributed by atoms with Crippen molar-refractivity contribution in [2.24, 2.45) is 0 Å². The Morgan fingerprint density at radius 1 is 0.844 bits per heavy atom. The molecule has 0 spiro atoms. The van der Waals surface area contributed by atoms with Crippen molar-refractivity contribution >= 4 is 18.0 Å². The standard InChI is InChI=1S/C25H19NO6/c27-23(28)19-10-8-18(9-11-19)22-13-12-21(24(29)30)15-20(22)7-4-14-26-25(31)32-16-17-5-2-1-3-6-17/h1-3,5-6,8-13,15H,14,16H2,(H,26,31)(H,27,28)(H,29,30). The summed E-state index contributed by atoms with van der Waals surface area (Å²) in [6.07, 6.45) is -0.619. The maximum Gasteiger partial charge on any atom is 0.408 e. The zero-order valence-corrected chi connectivity index (χ0v) is 16.9. The molecule has 3 aromatic rings. The van der Waals surface area contributed by atoms with E-state index in [2.05, 4.69) is 17.2 Å². The van der Waals surface area contributed by atoms with Gasteiger partial charge in [-0.3, -0.25) is 0 Å². The maximum absolute atomic E-state index is 11.8. The van der Waals surface area contributed by atoms with Gasteiger partial charge in [-0.2, -0.15) is 0 Å². The topological polar surface area (TPSA) is 113 Å². The zero-order valence-electron chi connectivity index (χ0n) is 16.9. The molecule has 0 aliphatic rings. The Balaban J connectivity index is 1.71. The number of amides is 1. The average Bonchev–Trinajstić information content (AvgIpc) is 2.81. The van der Waals surface area contributed by atoms with E-state index in [4.69, 9.17) is 9.84 Å². The highest BCUT2D eigenvalue weighted by atomic mass is 16.5. The first-order valence-electron chi connectivity index (χ1n) is 9.58. The van der Waals surface area contributed by atoms with Crippen molar-refractivity contribution in [3.63, 3.8) is 0 Å². The molecule has 7 heteroatoms. The zero-order chi connectivity index (χ0) is 22.9. The molecule has 3 aromatic carbocycles. The minimum Gasteiger partial charge on any atom is -0.478 e. The molecule has 0 atom stereocenters. The predicted molar refractivity (Wildman–Crippen MR) is 117 cm³/mol. The monoisotopic (exact) mass is 429 g/mol. The lowest BCUT2D eigenvalue weighted by molar-refractivity contribution is 0.0686. The Kier molecular flexibility index (Phi) is 7.23. The summed E-state index contributed by atoms with van der Waals surface area (Å²) in [7, 11) is 0. The van der Waals surface area contributed by atoms with E-state index in [1.807, 2.05) is 30.3 Å². The highest BCUT2D eigenvalue weighted by Crippen LogP contribution is 2.25. The van der Waals surface area contributed by atoms with Crippen LogP contribution in [0.2, 0.25) is 0 Å². The van der Waals surface area contributed by atoms with Crippen molar-refractivity contribution in [2.45, 2.75) is 6.61 Å². The van der Waals surface area contributed by atoms with Gasteiger partial charge in [-0.15, -0.1) is 0 Å². The highest BCUT2D eigenvalue weighted by Gasteiger charge is 2.10. The van der Waals surface area contributed by atoms with E-state index in [0.29, 0.717) is 16.7 Å². The molecule has 160 valence electrons. The van der Waals surface area contributed by atoms with Crippen LogP contribution in [-0.4, -0.2) is 34.8 Å². The molecule has 0 aromatic heterocycles. The molecule has 0 saturated heterocycles. The van der Waals surface area contributed by atoms with Crippen LogP contribution in [0.5, 0.6) is 0 Å². The first-order chi connectivity index (χ1) is 15.4. The van der Waals surface area contributed by atoms with E-state index in [9.17, 15) is 19.5 Å². The second-order valence-electron chi connectivity index (χ2n) is 6.67. The first-order valence-corrected chi connectivity index (χ1v) is 9.58. The van der Waals surface area contributed by atoms with Gasteiger partial charge in [0.1, 0.15) is 6.61 Å². The van der Waals surface area contributed by atoms with Crippen molar-refractivity contribution in [3.05, 3.63) is 95.1 Å². The van der Waals surface area contributed by atoms with Crippen LogP contribution in [-0.2, 0) is 11.3 Å². The van der Waals surface area contributed by atoms with E-state index in [-0.39, 0.29) is 24.3 Å². The SMILES string of the molecule is O=C(NCC#Cc1cc(C(=O)O)ccc1-c1ccc(C(=O)O)cc1)OCc1ccccc1. The number of aromatic carboxylic acids is 2. The van der Waals surface area contributed by atoms with Gasteiger partial charge in [0, 0.05) is 5.56 Å². The third-order valence-corrected chi connectivity index (χ3v) is 4.47. The third kappa shape index (κ3) is 5.97. The molecule has 7 nitrogen and oxygen atoms in total. The van der Waals surface area contributed by atoms with Gasteiger partial charge in [0.15, 0.2) is 0 Å². The van der Waals surface area contributed by atoms with Gasteiger partial charge >= 0.3 is 18.0 Å². The van der Waals surface area contributed by atoms with Crippen LogP contribution in [0.3, 0.4) is 0 Å². The van der Waals surface area contributed by atoms with Crippen LogP contribution < -0.4 is 5.32 Å². The number of carbonyl (C=O) groups excluding carboxylic acids is 1. The molecular formula is C25H19NO6. The number of alkyl carbamates (subject to hydrolysis) is 1. The van der Waals surface area contributed by atoms with Crippen molar-refractivity contribution in [1.82, 2.24) is 5.32 Å². The van der Waals surface area contributed by atoms with Crippen LogP contribution in [0, 0.1) is 11.8 Å². The molecule has 0 aliphatic heterocycles. The molecule has 3 rings (SSSR count). The Morgan fingerprint density at radius 2 is 1.50 bits per heavy atom. The molecule has 1 amide bonds. The van der Waals surface area contributed by atoms with Crippen molar-refractivity contribution in [1.29, 1.82) is 0 Å². The van der Waals surface area contributed by atoms with Gasteiger partial charge < -0.3 is 20.3 Å². The minimum atomic E-state index is -1.09. The Bertz CT molecular complexity index is 1190. The lowest BCUT2D eigenvalue weighted by Crippen LogP contribution is -2.24. The average molecular weight is 429 g/mol. The van der Waals surface area contributed by atoms with E-state index in [0.717, 1.165) is 5.56 Å². The Morgan fingerprint density at radius 3 is 2.16 bits per heavy atom. The van der Waals surface area contributed by atoms with Gasteiger partial charge in [0.2, 0.25) is 0 Å². The largest absolute Gasteiger partial charge is 0.478 e. The molecular weight excluding hydrogens is 410 g/mol. The summed E-state index contributed by atoms with van der Waals surface area (Å²) < 4.78 is 5.11. The third-order valence-electron chi connectivity index (χ3n) is 4.47. The summed E-state index contributed by atoms with van der Waals surface area (Å²) in [5.74, 6) is 3.53.